The zero-order chi connectivity index (χ0) is 18.7. The lowest BCUT2D eigenvalue weighted by Crippen LogP contribution is -2.50. The maximum atomic E-state index is 12.4. The molecule has 1 aliphatic heterocycles. The van der Waals surface area contributed by atoms with Gasteiger partial charge in [-0.3, -0.25) is 4.79 Å². The van der Waals surface area contributed by atoms with E-state index in [1.807, 2.05) is 4.90 Å². The van der Waals surface area contributed by atoms with Gasteiger partial charge < -0.3 is 19.6 Å². The van der Waals surface area contributed by atoms with Crippen molar-refractivity contribution in [2.75, 3.05) is 37.7 Å². The van der Waals surface area contributed by atoms with Crippen LogP contribution in [0.15, 0.2) is 36.4 Å². The second-order valence-corrected chi connectivity index (χ2v) is 6.90. The minimum Gasteiger partial charge on any atom is -0.508 e. The van der Waals surface area contributed by atoms with Crippen molar-refractivity contribution < 1.29 is 14.6 Å². The number of phenolic OH excluding ortho intramolecular Hbond substituents is 1. The monoisotopic (exact) mass is 354 g/mol. The van der Waals surface area contributed by atoms with Crippen LogP contribution < -0.4 is 9.64 Å². The first-order valence-electron chi connectivity index (χ1n) is 8.96. The summed E-state index contributed by atoms with van der Waals surface area (Å²) in [5, 5.41) is 9.28. The topological polar surface area (TPSA) is 53.0 Å². The van der Waals surface area contributed by atoms with E-state index in [2.05, 4.69) is 37.8 Å². The Labute approximate surface area is 154 Å². The van der Waals surface area contributed by atoms with Crippen molar-refractivity contribution in [1.82, 2.24) is 4.90 Å². The van der Waals surface area contributed by atoms with E-state index >= 15 is 0 Å². The van der Waals surface area contributed by atoms with E-state index in [4.69, 9.17) is 4.74 Å². The zero-order valence-corrected chi connectivity index (χ0v) is 15.7. The number of hydrogen-bond donors (Lipinski definition) is 1. The maximum Gasteiger partial charge on any atom is 0.260 e. The van der Waals surface area contributed by atoms with Crippen LogP contribution in [0.4, 0.5) is 5.69 Å². The molecular formula is C21H26N2O3. The van der Waals surface area contributed by atoms with Crippen LogP contribution in [0, 0.1) is 20.8 Å². The quantitative estimate of drug-likeness (QED) is 0.917. The summed E-state index contributed by atoms with van der Waals surface area (Å²) in [6.07, 6.45) is 0. The van der Waals surface area contributed by atoms with Crippen molar-refractivity contribution in [2.24, 2.45) is 0 Å². The first-order valence-corrected chi connectivity index (χ1v) is 8.96. The molecule has 0 atom stereocenters. The van der Waals surface area contributed by atoms with Crippen LogP contribution in [0.2, 0.25) is 0 Å². The number of carbonyl (C=O) groups excluding carboxylic acids is 1. The number of hydrogen-bond acceptors (Lipinski definition) is 4. The van der Waals surface area contributed by atoms with Gasteiger partial charge in [0, 0.05) is 31.9 Å². The molecule has 0 saturated carbocycles. The predicted molar refractivity (Wildman–Crippen MR) is 103 cm³/mol. The average Bonchev–Trinajstić information content (AvgIpc) is 2.61. The molecule has 5 heteroatoms. The summed E-state index contributed by atoms with van der Waals surface area (Å²) >= 11 is 0. The molecule has 1 saturated heterocycles. The molecule has 2 aromatic rings. The van der Waals surface area contributed by atoms with E-state index in [0.717, 1.165) is 13.1 Å². The normalized spacial score (nSPS) is 14.4. The highest BCUT2D eigenvalue weighted by Crippen LogP contribution is 2.27. The molecule has 0 bridgehead atoms. The van der Waals surface area contributed by atoms with Crippen LogP contribution in [0.5, 0.6) is 11.5 Å². The van der Waals surface area contributed by atoms with Gasteiger partial charge >= 0.3 is 0 Å². The number of phenols is 1. The Bertz CT molecular complexity index is 755. The molecule has 0 aromatic heterocycles. The van der Waals surface area contributed by atoms with Gasteiger partial charge in [-0.05, 0) is 56.2 Å². The Kier molecular flexibility index (Phi) is 5.35. The Balaban J connectivity index is 1.55. The number of ether oxygens (including phenoxy) is 1. The van der Waals surface area contributed by atoms with Crippen LogP contribution in [0.25, 0.3) is 0 Å². The summed E-state index contributed by atoms with van der Waals surface area (Å²) in [6, 6.07) is 10.8. The number of rotatable bonds is 4. The van der Waals surface area contributed by atoms with Crippen molar-refractivity contribution >= 4 is 11.6 Å². The molecule has 1 fully saturated rings. The Morgan fingerprint density at radius 2 is 1.58 bits per heavy atom. The van der Waals surface area contributed by atoms with Gasteiger partial charge in [-0.25, -0.2) is 0 Å². The van der Waals surface area contributed by atoms with Crippen LogP contribution in [-0.4, -0.2) is 48.7 Å². The fourth-order valence-corrected chi connectivity index (χ4v) is 3.63. The van der Waals surface area contributed by atoms with Gasteiger partial charge in [0.25, 0.3) is 5.91 Å². The lowest BCUT2D eigenvalue weighted by molar-refractivity contribution is -0.133. The van der Waals surface area contributed by atoms with Crippen LogP contribution in [-0.2, 0) is 4.79 Å². The molecule has 3 rings (SSSR count). The van der Waals surface area contributed by atoms with Gasteiger partial charge in [-0.1, -0.05) is 17.7 Å². The highest BCUT2D eigenvalue weighted by atomic mass is 16.5. The SMILES string of the molecule is Cc1cc(C)c(N2CCN(C(=O)COc3ccc(O)cc3)CC2)c(C)c1. The molecule has 1 aliphatic rings. The van der Waals surface area contributed by atoms with E-state index < -0.39 is 0 Å². The number of carbonyl (C=O) groups is 1. The minimum atomic E-state index is -0.00456. The zero-order valence-electron chi connectivity index (χ0n) is 15.7. The van der Waals surface area contributed by atoms with Crippen LogP contribution >= 0.6 is 0 Å². The first-order chi connectivity index (χ1) is 12.4. The lowest BCUT2D eigenvalue weighted by Gasteiger charge is -2.37. The van der Waals surface area contributed by atoms with E-state index in [9.17, 15) is 9.90 Å². The number of aryl methyl sites for hydroxylation is 3. The smallest absolute Gasteiger partial charge is 0.260 e. The summed E-state index contributed by atoms with van der Waals surface area (Å²) in [5.74, 6) is 0.761. The predicted octanol–water partition coefficient (Wildman–Crippen LogP) is 3.05. The van der Waals surface area contributed by atoms with Gasteiger partial charge in [0.2, 0.25) is 0 Å². The van der Waals surface area contributed by atoms with Crippen LogP contribution in [0.3, 0.4) is 0 Å². The molecule has 1 heterocycles. The summed E-state index contributed by atoms with van der Waals surface area (Å²) in [5.41, 5.74) is 5.16. The van der Waals surface area contributed by atoms with Crippen molar-refractivity contribution in [1.29, 1.82) is 0 Å². The maximum absolute atomic E-state index is 12.4. The fourth-order valence-electron chi connectivity index (χ4n) is 3.63. The van der Waals surface area contributed by atoms with Crippen molar-refractivity contribution in [3.63, 3.8) is 0 Å². The molecule has 1 amide bonds. The molecule has 0 aliphatic carbocycles. The number of piperazine rings is 1. The standard InChI is InChI=1S/C21H26N2O3/c1-15-12-16(2)21(17(3)13-15)23-10-8-22(9-11-23)20(25)14-26-19-6-4-18(24)5-7-19/h4-7,12-13,24H,8-11,14H2,1-3H3. The van der Waals surface area contributed by atoms with E-state index in [1.54, 1.807) is 24.3 Å². The minimum absolute atomic E-state index is 0.00456. The largest absolute Gasteiger partial charge is 0.508 e. The number of amides is 1. The number of benzene rings is 2. The van der Waals surface area contributed by atoms with Gasteiger partial charge in [-0.2, -0.15) is 0 Å². The average molecular weight is 354 g/mol. The Morgan fingerprint density at radius 3 is 2.15 bits per heavy atom. The second kappa shape index (κ2) is 7.68. The second-order valence-electron chi connectivity index (χ2n) is 6.90. The molecule has 0 radical (unpaired) electrons. The third-order valence-electron chi connectivity index (χ3n) is 4.78. The van der Waals surface area contributed by atoms with E-state index in [0.29, 0.717) is 18.8 Å². The first kappa shape index (κ1) is 18.1. The Hall–Kier alpha value is -2.69. The Morgan fingerprint density at radius 1 is 1.00 bits per heavy atom. The third kappa shape index (κ3) is 4.10. The third-order valence-corrected chi connectivity index (χ3v) is 4.78. The van der Waals surface area contributed by atoms with E-state index in [1.165, 1.54) is 22.4 Å². The summed E-state index contributed by atoms with van der Waals surface area (Å²) in [6.45, 7) is 9.50. The highest BCUT2D eigenvalue weighted by molar-refractivity contribution is 5.78. The summed E-state index contributed by atoms with van der Waals surface area (Å²) in [7, 11) is 0. The van der Waals surface area contributed by atoms with Crippen LogP contribution in [0.1, 0.15) is 16.7 Å². The highest BCUT2D eigenvalue weighted by Gasteiger charge is 2.23. The number of anilines is 1. The molecule has 5 nitrogen and oxygen atoms in total. The van der Waals surface area contributed by atoms with Crippen molar-refractivity contribution in [2.45, 2.75) is 20.8 Å². The van der Waals surface area contributed by atoms with Gasteiger partial charge in [0.15, 0.2) is 6.61 Å². The molecular weight excluding hydrogens is 328 g/mol. The molecule has 0 spiro atoms. The van der Waals surface area contributed by atoms with Gasteiger partial charge in [-0.15, -0.1) is 0 Å². The van der Waals surface area contributed by atoms with Gasteiger partial charge in [0.05, 0.1) is 0 Å². The summed E-state index contributed by atoms with van der Waals surface area (Å²) < 4.78 is 5.52. The molecule has 26 heavy (non-hydrogen) atoms. The molecule has 138 valence electrons. The lowest BCUT2D eigenvalue weighted by atomic mass is 10.0. The number of nitrogens with zero attached hydrogens (tertiary/aromatic N) is 2. The molecule has 0 unspecified atom stereocenters. The van der Waals surface area contributed by atoms with Crippen molar-refractivity contribution in [3.05, 3.63) is 53.1 Å². The summed E-state index contributed by atoms with van der Waals surface area (Å²) in [4.78, 5) is 16.6. The fraction of sp³-hybridized carbons (Fsp3) is 0.381. The number of aromatic hydroxyl groups is 1. The molecule has 1 N–H and O–H groups in total. The van der Waals surface area contributed by atoms with E-state index in [-0.39, 0.29) is 18.3 Å². The van der Waals surface area contributed by atoms with Gasteiger partial charge in [0.1, 0.15) is 11.5 Å². The van der Waals surface area contributed by atoms with Crippen molar-refractivity contribution in [3.8, 4) is 11.5 Å². The molecule has 2 aromatic carbocycles.